The average Bonchev–Trinajstić information content (AvgIpc) is 2.56. The molecule has 23 heavy (non-hydrogen) atoms. The Labute approximate surface area is 139 Å². The number of nitrogens with one attached hydrogen (secondary N) is 2. The van der Waals surface area contributed by atoms with E-state index >= 15 is 0 Å². The molecule has 4 nitrogen and oxygen atoms in total. The fraction of sp³-hybridized carbons (Fsp3) is 0.235. The summed E-state index contributed by atoms with van der Waals surface area (Å²) in [5.74, 6) is 1.14. The molecule has 0 saturated carbocycles. The van der Waals surface area contributed by atoms with Crippen LogP contribution in [0.25, 0.3) is 0 Å². The summed E-state index contributed by atoms with van der Waals surface area (Å²) < 4.78 is 24.7. The van der Waals surface area contributed by atoms with E-state index in [0.29, 0.717) is 24.0 Å². The number of fused-ring (bicyclic) bond motifs is 1. The van der Waals surface area contributed by atoms with Crippen molar-refractivity contribution in [1.29, 1.82) is 0 Å². The van der Waals surface area contributed by atoms with E-state index in [2.05, 4.69) is 10.6 Å². The van der Waals surface area contributed by atoms with Gasteiger partial charge in [-0.3, -0.25) is 0 Å². The van der Waals surface area contributed by atoms with Crippen molar-refractivity contribution >= 4 is 23.0 Å². The second-order valence-corrected chi connectivity index (χ2v) is 5.61. The fourth-order valence-electron chi connectivity index (χ4n) is 2.33. The zero-order chi connectivity index (χ0) is 16.2. The minimum atomic E-state index is -0.344. The lowest BCUT2D eigenvalue weighted by Gasteiger charge is -2.22. The van der Waals surface area contributed by atoms with Crippen LogP contribution in [0.5, 0.6) is 11.5 Å². The molecule has 0 aromatic heterocycles. The Kier molecular flexibility index (Phi) is 4.62. The molecule has 0 aliphatic carbocycles. The molecular formula is C17H17FN2O2S. The minimum Gasteiger partial charge on any atom is -0.486 e. The minimum absolute atomic E-state index is 0.0578. The smallest absolute Gasteiger partial charge is 0.171 e. The summed E-state index contributed by atoms with van der Waals surface area (Å²) in [6.45, 7) is 3.09. The third-order valence-electron chi connectivity index (χ3n) is 3.54. The molecule has 3 rings (SSSR count). The van der Waals surface area contributed by atoms with Crippen LogP contribution in [-0.4, -0.2) is 18.3 Å². The fourth-order valence-corrected chi connectivity index (χ4v) is 2.62. The predicted octanol–water partition coefficient (Wildman–Crippen LogP) is 3.64. The largest absolute Gasteiger partial charge is 0.486 e. The van der Waals surface area contributed by atoms with Gasteiger partial charge in [-0.25, -0.2) is 4.39 Å². The van der Waals surface area contributed by atoms with Gasteiger partial charge in [-0.15, -0.1) is 0 Å². The molecule has 6 heteroatoms. The lowest BCUT2D eigenvalue weighted by Crippen LogP contribution is -2.31. The van der Waals surface area contributed by atoms with Crippen LogP contribution in [0.3, 0.4) is 0 Å². The van der Waals surface area contributed by atoms with Crippen LogP contribution in [0.4, 0.5) is 10.1 Å². The number of benzene rings is 2. The molecule has 0 spiro atoms. The SMILES string of the molecule is C[C@@H](NC(=S)Nc1ccccc1F)c1ccc2c(c1)OCCO2. The summed E-state index contributed by atoms with van der Waals surface area (Å²) in [4.78, 5) is 0. The van der Waals surface area contributed by atoms with E-state index in [1.807, 2.05) is 25.1 Å². The monoisotopic (exact) mass is 332 g/mol. The molecule has 2 aromatic carbocycles. The highest BCUT2D eigenvalue weighted by atomic mass is 32.1. The van der Waals surface area contributed by atoms with Gasteiger partial charge in [-0.2, -0.15) is 0 Å². The Bertz CT molecular complexity index is 723. The maximum Gasteiger partial charge on any atom is 0.171 e. The van der Waals surface area contributed by atoms with Gasteiger partial charge in [0.15, 0.2) is 16.6 Å². The Morgan fingerprint density at radius 3 is 2.65 bits per heavy atom. The van der Waals surface area contributed by atoms with E-state index in [-0.39, 0.29) is 11.9 Å². The molecule has 1 aliphatic heterocycles. The van der Waals surface area contributed by atoms with E-state index in [0.717, 1.165) is 17.1 Å². The van der Waals surface area contributed by atoms with Crippen molar-refractivity contribution in [2.45, 2.75) is 13.0 Å². The highest BCUT2D eigenvalue weighted by Gasteiger charge is 2.15. The first-order chi connectivity index (χ1) is 11.1. The van der Waals surface area contributed by atoms with Crippen molar-refractivity contribution in [2.24, 2.45) is 0 Å². The lowest BCUT2D eigenvalue weighted by atomic mass is 10.1. The Morgan fingerprint density at radius 2 is 1.87 bits per heavy atom. The first-order valence-electron chi connectivity index (χ1n) is 7.35. The number of hydrogen-bond acceptors (Lipinski definition) is 3. The molecule has 2 aromatic rings. The van der Waals surface area contributed by atoms with Crippen LogP contribution in [0.15, 0.2) is 42.5 Å². The van der Waals surface area contributed by atoms with Gasteiger partial charge in [0.1, 0.15) is 19.0 Å². The molecule has 2 N–H and O–H groups in total. The van der Waals surface area contributed by atoms with Crippen molar-refractivity contribution in [2.75, 3.05) is 18.5 Å². The topological polar surface area (TPSA) is 42.5 Å². The molecule has 0 amide bonds. The van der Waals surface area contributed by atoms with Crippen LogP contribution in [0, 0.1) is 5.82 Å². The van der Waals surface area contributed by atoms with Crippen molar-refractivity contribution < 1.29 is 13.9 Å². The summed E-state index contributed by atoms with van der Waals surface area (Å²) in [5.41, 5.74) is 1.35. The van der Waals surface area contributed by atoms with E-state index in [1.54, 1.807) is 18.2 Å². The predicted molar refractivity (Wildman–Crippen MR) is 91.6 cm³/mol. The van der Waals surface area contributed by atoms with Crippen molar-refractivity contribution in [3.05, 3.63) is 53.8 Å². The maximum atomic E-state index is 13.6. The van der Waals surface area contributed by atoms with Gasteiger partial charge in [0.2, 0.25) is 0 Å². The second kappa shape index (κ2) is 6.83. The number of ether oxygens (including phenoxy) is 2. The Hall–Kier alpha value is -2.34. The van der Waals surface area contributed by atoms with Gasteiger partial charge in [0, 0.05) is 0 Å². The van der Waals surface area contributed by atoms with E-state index in [1.165, 1.54) is 6.07 Å². The van der Waals surface area contributed by atoms with Crippen molar-refractivity contribution in [3.63, 3.8) is 0 Å². The molecule has 0 fully saturated rings. The number of hydrogen-bond donors (Lipinski definition) is 2. The van der Waals surface area contributed by atoms with E-state index in [4.69, 9.17) is 21.7 Å². The number of rotatable bonds is 3. The first kappa shape index (κ1) is 15.6. The molecule has 0 saturated heterocycles. The van der Waals surface area contributed by atoms with Crippen LogP contribution in [-0.2, 0) is 0 Å². The molecule has 120 valence electrons. The number of anilines is 1. The van der Waals surface area contributed by atoms with Crippen molar-refractivity contribution in [3.8, 4) is 11.5 Å². The second-order valence-electron chi connectivity index (χ2n) is 5.20. The molecular weight excluding hydrogens is 315 g/mol. The normalized spacial score (nSPS) is 14.0. The summed E-state index contributed by atoms with van der Waals surface area (Å²) in [6, 6.07) is 12.1. The maximum absolute atomic E-state index is 13.6. The summed E-state index contributed by atoms with van der Waals surface area (Å²) >= 11 is 5.25. The summed E-state index contributed by atoms with van der Waals surface area (Å²) in [5, 5.41) is 6.36. The molecule has 0 unspecified atom stereocenters. The number of thiocarbonyl (C=S) groups is 1. The molecule has 1 atom stereocenters. The highest BCUT2D eigenvalue weighted by molar-refractivity contribution is 7.80. The quantitative estimate of drug-likeness (QED) is 0.840. The molecule has 0 radical (unpaired) electrons. The van der Waals surface area contributed by atoms with Crippen LogP contribution >= 0.6 is 12.2 Å². The third kappa shape index (κ3) is 3.71. The average molecular weight is 332 g/mol. The van der Waals surface area contributed by atoms with Gasteiger partial charge in [-0.05, 0) is 49.0 Å². The van der Waals surface area contributed by atoms with Crippen LogP contribution in [0.2, 0.25) is 0 Å². The molecule has 1 aliphatic rings. The Balaban J connectivity index is 1.65. The van der Waals surface area contributed by atoms with Gasteiger partial charge in [0.25, 0.3) is 0 Å². The van der Waals surface area contributed by atoms with Crippen LogP contribution < -0.4 is 20.1 Å². The lowest BCUT2D eigenvalue weighted by molar-refractivity contribution is 0.171. The summed E-state index contributed by atoms with van der Waals surface area (Å²) in [7, 11) is 0. The number of para-hydroxylation sites is 1. The van der Waals surface area contributed by atoms with E-state index in [9.17, 15) is 4.39 Å². The van der Waals surface area contributed by atoms with Crippen LogP contribution in [0.1, 0.15) is 18.5 Å². The Morgan fingerprint density at radius 1 is 1.13 bits per heavy atom. The summed E-state index contributed by atoms with van der Waals surface area (Å²) in [6.07, 6.45) is 0. The van der Waals surface area contributed by atoms with E-state index < -0.39 is 0 Å². The number of halogens is 1. The highest BCUT2D eigenvalue weighted by Crippen LogP contribution is 2.32. The zero-order valence-corrected chi connectivity index (χ0v) is 13.5. The standard InChI is InChI=1S/C17H17FN2O2S/c1-11(12-6-7-15-16(10-12)22-9-8-21-15)19-17(23)20-14-5-3-2-4-13(14)18/h2-7,10-11H,8-9H2,1H3,(H2,19,20,23)/t11-/m1/s1. The van der Waals surface area contributed by atoms with Gasteiger partial charge >= 0.3 is 0 Å². The first-order valence-corrected chi connectivity index (χ1v) is 7.76. The van der Waals surface area contributed by atoms with Gasteiger partial charge < -0.3 is 20.1 Å². The van der Waals surface area contributed by atoms with Gasteiger partial charge in [0.05, 0.1) is 11.7 Å². The zero-order valence-electron chi connectivity index (χ0n) is 12.6. The molecule has 1 heterocycles. The van der Waals surface area contributed by atoms with Gasteiger partial charge in [-0.1, -0.05) is 18.2 Å². The molecule has 0 bridgehead atoms. The third-order valence-corrected chi connectivity index (χ3v) is 3.76. The van der Waals surface area contributed by atoms with Crippen molar-refractivity contribution in [1.82, 2.24) is 5.32 Å².